The molecule has 0 saturated carbocycles. The van der Waals surface area contributed by atoms with Gasteiger partial charge in [0.1, 0.15) is 18.0 Å². The highest BCUT2D eigenvalue weighted by Crippen LogP contribution is 2.27. The van der Waals surface area contributed by atoms with E-state index in [1.807, 2.05) is 35.7 Å². The molecular formula is C24H34ClN5O3. The van der Waals surface area contributed by atoms with E-state index in [1.165, 1.54) is 5.56 Å². The van der Waals surface area contributed by atoms with Crippen LogP contribution in [-0.4, -0.2) is 95.5 Å². The molecule has 33 heavy (non-hydrogen) atoms. The van der Waals surface area contributed by atoms with E-state index in [4.69, 9.17) is 21.1 Å². The van der Waals surface area contributed by atoms with Crippen molar-refractivity contribution >= 4 is 17.5 Å². The van der Waals surface area contributed by atoms with Gasteiger partial charge in [0.05, 0.1) is 18.7 Å². The Balaban J connectivity index is 1.48. The molecule has 1 atom stereocenters. The fraction of sp³-hybridized carbons (Fsp3) is 0.583. The molecule has 8 nitrogen and oxygen atoms in total. The second-order valence-electron chi connectivity index (χ2n) is 9.26. The first-order valence-electron chi connectivity index (χ1n) is 11.5. The van der Waals surface area contributed by atoms with E-state index in [-0.39, 0.29) is 5.91 Å². The van der Waals surface area contributed by atoms with E-state index in [0.29, 0.717) is 31.2 Å². The lowest BCUT2D eigenvalue weighted by molar-refractivity contribution is -0.157. The van der Waals surface area contributed by atoms with E-state index in [0.717, 1.165) is 50.7 Å². The summed E-state index contributed by atoms with van der Waals surface area (Å²) in [7, 11) is 4.03. The SMILES string of the molecule is Cc1nn(C)cc1CN1CCO[C@@](COc2ccc(Cl)cc2)(CC(=O)N2CCN(C)CC2)C1. The van der Waals surface area contributed by atoms with Crippen LogP contribution in [0.2, 0.25) is 5.02 Å². The molecule has 2 aliphatic rings. The number of hydrogen-bond acceptors (Lipinski definition) is 6. The smallest absolute Gasteiger partial charge is 0.225 e. The van der Waals surface area contributed by atoms with Crippen LogP contribution in [0.25, 0.3) is 0 Å². The second kappa shape index (κ2) is 10.4. The number of morpholine rings is 1. The van der Waals surface area contributed by atoms with Crippen molar-refractivity contribution in [2.24, 2.45) is 7.05 Å². The van der Waals surface area contributed by atoms with E-state index in [1.54, 1.807) is 12.1 Å². The highest BCUT2D eigenvalue weighted by atomic mass is 35.5. The summed E-state index contributed by atoms with van der Waals surface area (Å²) in [6.45, 7) is 8.38. The molecule has 0 bridgehead atoms. The summed E-state index contributed by atoms with van der Waals surface area (Å²) >= 11 is 6.02. The number of nitrogens with zero attached hydrogens (tertiary/aromatic N) is 5. The quantitative estimate of drug-likeness (QED) is 0.611. The first-order valence-corrected chi connectivity index (χ1v) is 11.9. The first-order chi connectivity index (χ1) is 15.8. The van der Waals surface area contributed by atoms with Crippen molar-refractivity contribution in [1.29, 1.82) is 0 Å². The molecule has 0 radical (unpaired) electrons. The van der Waals surface area contributed by atoms with Crippen LogP contribution >= 0.6 is 11.6 Å². The average molecular weight is 476 g/mol. The first kappa shape index (κ1) is 24.0. The van der Waals surface area contributed by atoms with Crippen molar-refractivity contribution < 1.29 is 14.3 Å². The minimum Gasteiger partial charge on any atom is -0.491 e. The van der Waals surface area contributed by atoms with Crippen molar-refractivity contribution in [2.75, 3.05) is 59.5 Å². The molecule has 0 N–H and O–H groups in total. The Kier molecular flexibility index (Phi) is 7.58. The Hall–Kier alpha value is -2.13. The van der Waals surface area contributed by atoms with Gasteiger partial charge in [0.15, 0.2) is 0 Å². The predicted molar refractivity (Wildman–Crippen MR) is 128 cm³/mol. The molecule has 1 aromatic carbocycles. The Morgan fingerprint density at radius 1 is 1.15 bits per heavy atom. The van der Waals surface area contributed by atoms with Gasteiger partial charge in [-0.3, -0.25) is 14.4 Å². The summed E-state index contributed by atoms with van der Waals surface area (Å²) in [6.07, 6.45) is 2.36. The Morgan fingerprint density at radius 2 is 1.88 bits per heavy atom. The van der Waals surface area contributed by atoms with Crippen molar-refractivity contribution in [3.63, 3.8) is 0 Å². The Morgan fingerprint density at radius 3 is 2.55 bits per heavy atom. The monoisotopic (exact) mass is 475 g/mol. The maximum absolute atomic E-state index is 13.3. The Bertz CT molecular complexity index is 942. The normalized spacial score (nSPS) is 22.5. The highest BCUT2D eigenvalue weighted by Gasteiger charge is 2.41. The topological polar surface area (TPSA) is 63.1 Å². The molecule has 2 aliphatic heterocycles. The van der Waals surface area contributed by atoms with Crippen LogP contribution in [0, 0.1) is 6.92 Å². The van der Waals surface area contributed by atoms with E-state index < -0.39 is 5.60 Å². The number of carbonyl (C=O) groups is 1. The molecule has 0 spiro atoms. The number of carbonyl (C=O) groups excluding carboxylic acids is 1. The average Bonchev–Trinajstić information content (AvgIpc) is 3.10. The molecule has 2 aromatic rings. The summed E-state index contributed by atoms with van der Waals surface area (Å²) in [4.78, 5) is 19.8. The third-order valence-corrected chi connectivity index (χ3v) is 6.73. The van der Waals surface area contributed by atoms with Gasteiger partial charge in [-0.2, -0.15) is 5.10 Å². The van der Waals surface area contributed by atoms with Gasteiger partial charge in [-0.15, -0.1) is 0 Å². The highest BCUT2D eigenvalue weighted by molar-refractivity contribution is 6.30. The molecule has 2 saturated heterocycles. The Labute approximate surface area is 201 Å². The van der Waals surface area contributed by atoms with Gasteiger partial charge < -0.3 is 19.3 Å². The third-order valence-electron chi connectivity index (χ3n) is 6.48. The minimum atomic E-state index is -0.714. The van der Waals surface area contributed by atoms with Crippen LogP contribution in [0.5, 0.6) is 5.75 Å². The zero-order valence-corrected chi connectivity index (χ0v) is 20.6. The number of rotatable bonds is 7. The number of amides is 1. The fourth-order valence-corrected chi connectivity index (χ4v) is 4.66. The molecule has 9 heteroatoms. The molecule has 0 unspecified atom stereocenters. The van der Waals surface area contributed by atoms with Gasteiger partial charge in [-0.25, -0.2) is 0 Å². The van der Waals surface area contributed by atoms with Crippen LogP contribution in [-0.2, 0) is 23.1 Å². The van der Waals surface area contributed by atoms with E-state index in [2.05, 4.69) is 28.1 Å². The van der Waals surface area contributed by atoms with Crippen LogP contribution in [0.4, 0.5) is 0 Å². The number of aromatic nitrogens is 2. The number of hydrogen-bond donors (Lipinski definition) is 0. The summed E-state index contributed by atoms with van der Waals surface area (Å²) < 4.78 is 14.3. The maximum atomic E-state index is 13.3. The largest absolute Gasteiger partial charge is 0.491 e. The van der Waals surface area contributed by atoms with Crippen LogP contribution in [0.1, 0.15) is 17.7 Å². The number of benzene rings is 1. The molecule has 3 heterocycles. The molecule has 1 amide bonds. The third kappa shape index (κ3) is 6.26. The lowest BCUT2D eigenvalue weighted by atomic mass is 9.96. The van der Waals surface area contributed by atoms with Gasteiger partial charge in [0.2, 0.25) is 5.91 Å². The van der Waals surface area contributed by atoms with Gasteiger partial charge in [-0.1, -0.05) is 11.6 Å². The summed E-state index contributed by atoms with van der Waals surface area (Å²) in [6, 6.07) is 7.30. The minimum absolute atomic E-state index is 0.127. The van der Waals surface area contributed by atoms with Crippen molar-refractivity contribution in [1.82, 2.24) is 24.5 Å². The standard InChI is InChI=1S/C24H34ClN5O3/c1-19-20(15-28(3)26-19)16-29-12-13-33-24(17-29,18-32-22-6-4-21(25)5-7-22)14-23(31)30-10-8-27(2)9-11-30/h4-7,15H,8-14,16-18H2,1-3H3/t24-/m0/s1. The van der Waals surface area contributed by atoms with Gasteiger partial charge in [-0.05, 0) is 38.2 Å². The van der Waals surface area contributed by atoms with Crippen molar-refractivity contribution in [3.8, 4) is 5.75 Å². The molecular weight excluding hydrogens is 442 g/mol. The van der Waals surface area contributed by atoms with E-state index >= 15 is 0 Å². The molecule has 180 valence electrons. The number of halogens is 1. The zero-order valence-electron chi connectivity index (χ0n) is 19.8. The predicted octanol–water partition coefficient (Wildman–Crippen LogP) is 2.20. The zero-order chi connectivity index (χ0) is 23.4. The number of likely N-dealkylation sites (N-methyl/N-ethyl adjacent to an activating group) is 1. The van der Waals surface area contributed by atoms with Crippen molar-refractivity contribution in [3.05, 3.63) is 46.7 Å². The van der Waals surface area contributed by atoms with Crippen LogP contribution in [0.3, 0.4) is 0 Å². The summed E-state index contributed by atoms with van der Waals surface area (Å²) in [5.74, 6) is 0.844. The lowest BCUT2D eigenvalue weighted by Gasteiger charge is -2.43. The summed E-state index contributed by atoms with van der Waals surface area (Å²) in [5, 5.41) is 5.13. The second-order valence-corrected chi connectivity index (χ2v) is 9.70. The summed E-state index contributed by atoms with van der Waals surface area (Å²) in [5.41, 5.74) is 1.51. The molecule has 1 aromatic heterocycles. The lowest BCUT2D eigenvalue weighted by Crippen LogP contribution is -2.58. The fourth-order valence-electron chi connectivity index (χ4n) is 4.54. The number of ether oxygens (including phenoxy) is 2. The maximum Gasteiger partial charge on any atom is 0.225 e. The van der Waals surface area contributed by atoms with Gasteiger partial charge >= 0.3 is 0 Å². The molecule has 0 aliphatic carbocycles. The number of piperazine rings is 1. The van der Waals surface area contributed by atoms with Crippen LogP contribution < -0.4 is 4.74 Å². The van der Waals surface area contributed by atoms with Gasteiger partial charge in [0, 0.05) is 69.6 Å². The van der Waals surface area contributed by atoms with E-state index in [9.17, 15) is 4.79 Å². The van der Waals surface area contributed by atoms with Crippen LogP contribution in [0.15, 0.2) is 30.5 Å². The molecule has 2 fully saturated rings. The molecule has 4 rings (SSSR count). The van der Waals surface area contributed by atoms with Crippen molar-refractivity contribution in [2.45, 2.75) is 25.5 Å². The van der Waals surface area contributed by atoms with Gasteiger partial charge in [0.25, 0.3) is 0 Å². The number of aryl methyl sites for hydroxylation is 2.